The minimum atomic E-state index is -4.43. The molecule has 2 aromatic rings. The number of anilines is 1. The number of nitrogens with one attached hydrogen (secondary N) is 1. The minimum Gasteiger partial charge on any atom is -0.368 e. The molecule has 0 bridgehead atoms. The number of hydrogen-bond donors (Lipinski definition) is 1. The molecule has 0 aliphatic rings. The van der Waals surface area contributed by atoms with E-state index in [4.69, 9.17) is 0 Å². The summed E-state index contributed by atoms with van der Waals surface area (Å²) in [6.07, 6.45) is -0.380. The molecular weight excluding hydrogens is 291 g/mol. The van der Waals surface area contributed by atoms with E-state index in [1.807, 2.05) is 0 Å². The van der Waals surface area contributed by atoms with Gasteiger partial charge in [0.15, 0.2) is 5.69 Å². The molecule has 0 aliphatic carbocycles. The number of nitrogens with zero attached hydrogens (tertiary/aromatic N) is 2. The summed E-state index contributed by atoms with van der Waals surface area (Å²) in [6, 6.07) is 5.32. The summed E-state index contributed by atoms with van der Waals surface area (Å²) in [7, 11) is 0. The maximum atomic E-state index is 12.8. The predicted molar refractivity (Wildman–Crippen MR) is 82.0 cm³/mol. The molecule has 3 nitrogen and oxygen atoms in total. The first-order valence-corrected chi connectivity index (χ1v) is 7.67. The first-order chi connectivity index (χ1) is 10.3. The van der Waals surface area contributed by atoms with Gasteiger partial charge in [0, 0.05) is 12.2 Å². The van der Waals surface area contributed by atoms with Crippen molar-refractivity contribution in [2.45, 2.75) is 52.3 Å². The normalized spacial score (nSPS) is 15.0. The second kappa shape index (κ2) is 6.58. The Labute approximate surface area is 128 Å². The zero-order chi connectivity index (χ0) is 16.3. The van der Waals surface area contributed by atoms with E-state index in [2.05, 4.69) is 31.1 Å². The summed E-state index contributed by atoms with van der Waals surface area (Å²) < 4.78 is 39.9. The number of imidazole rings is 1. The Bertz CT molecular complexity index is 619. The second-order valence-corrected chi connectivity index (χ2v) is 5.76. The number of hydrogen-bond acceptors (Lipinski definition) is 2. The van der Waals surface area contributed by atoms with Crippen LogP contribution in [0.2, 0.25) is 0 Å². The van der Waals surface area contributed by atoms with Crippen LogP contribution in [0.5, 0.6) is 0 Å². The van der Waals surface area contributed by atoms with Crippen LogP contribution in [0.1, 0.15) is 45.7 Å². The van der Waals surface area contributed by atoms with Gasteiger partial charge in [-0.25, -0.2) is 4.98 Å². The molecule has 0 radical (unpaired) electrons. The zero-order valence-corrected chi connectivity index (χ0v) is 13.1. The lowest BCUT2D eigenvalue weighted by atomic mass is 9.98. The van der Waals surface area contributed by atoms with Gasteiger partial charge < -0.3 is 5.32 Å². The molecule has 2 rings (SSSR count). The Morgan fingerprint density at radius 2 is 1.95 bits per heavy atom. The van der Waals surface area contributed by atoms with Crippen molar-refractivity contribution >= 4 is 11.5 Å². The predicted octanol–water partition coefficient (Wildman–Crippen LogP) is 4.98. The number of halogens is 3. The van der Waals surface area contributed by atoms with E-state index in [1.165, 1.54) is 4.40 Å². The lowest BCUT2D eigenvalue weighted by Gasteiger charge is -2.22. The van der Waals surface area contributed by atoms with E-state index in [0.717, 1.165) is 25.5 Å². The maximum Gasteiger partial charge on any atom is 0.434 e. The summed E-state index contributed by atoms with van der Waals surface area (Å²) in [5, 5.41) is 3.36. The van der Waals surface area contributed by atoms with Gasteiger partial charge in [-0.2, -0.15) is 13.2 Å². The van der Waals surface area contributed by atoms with Gasteiger partial charge >= 0.3 is 6.18 Å². The Kier molecular flexibility index (Phi) is 4.98. The molecule has 0 saturated heterocycles. The zero-order valence-electron chi connectivity index (χ0n) is 13.1. The van der Waals surface area contributed by atoms with Crippen molar-refractivity contribution in [1.82, 2.24) is 9.38 Å². The van der Waals surface area contributed by atoms with Gasteiger partial charge in [-0.15, -0.1) is 0 Å². The van der Waals surface area contributed by atoms with Crippen LogP contribution in [0.4, 0.5) is 19.0 Å². The SMILES string of the molecule is CCC(C)CC(CC)Nc1cccc2nc(C(F)(F)F)cn12. The van der Waals surface area contributed by atoms with Crippen molar-refractivity contribution in [2.75, 3.05) is 5.32 Å². The van der Waals surface area contributed by atoms with Crippen molar-refractivity contribution in [3.05, 3.63) is 30.1 Å². The van der Waals surface area contributed by atoms with Crippen LogP contribution in [0.25, 0.3) is 5.65 Å². The molecule has 0 spiro atoms. The average molecular weight is 313 g/mol. The molecule has 122 valence electrons. The van der Waals surface area contributed by atoms with Crippen LogP contribution in [0, 0.1) is 5.92 Å². The van der Waals surface area contributed by atoms with Gasteiger partial charge in [0.25, 0.3) is 0 Å². The summed E-state index contributed by atoms with van der Waals surface area (Å²) in [5.41, 5.74) is -0.563. The van der Waals surface area contributed by atoms with E-state index >= 15 is 0 Å². The minimum absolute atomic E-state index is 0.234. The molecule has 2 unspecified atom stereocenters. The highest BCUT2D eigenvalue weighted by Gasteiger charge is 2.34. The summed E-state index contributed by atoms with van der Waals surface area (Å²) in [5.74, 6) is 1.22. The highest BCUT2D eigenvalue weighted by Crippen LogP contribution is 2.29. The maximum absolute atomic E-state index is 12.8. The van der Waals surface area contributed by atoms with Crippen LogP contribution < -0.4 is 5.32 Å². The highest BCUT2D eigenvalue weighted by atomic mass is 19.4. The number of alkyl halides is 3. The molecule has 0 fully saturated rings. The lowest BCUT2D eigenvalue weighted by Crippen LogP contribution is -2.22. The Hall–Kier alpha value is -1.72. The molecule has 0 aliphatic heterocycles. The van der Waals surface area contributed by atoms with Gasteiger partial charge in [-0.05, 0) is 30.9 Å². The average Bonchev–Trinajstić information content (AvgIpc) is 2.91. The van der Waals surface area contributed by atoms with Crippen molar-refractivity contribution in [3.63, 3.8) is 0 Å². The van der Waals surface area contributed by atoms with Crippen LogP contribution in [0.15, 0.2) is 24.4 Å². The van der Waals surface area contributed by atoms with Crippen molar-refractivity contribution in [2.24, 2.45) is 5.92 Å². The third-order valence-corrected chi connectivity index (χ3v) is 4.01. The van der Waals surface area contributed by atoms with Gasteiger partial charge in [0.1, 0.15) is 11.5 Å². The summed E-state index contributed by atoms with van der Waals surface area (Å²) in [4.78, 5) is 3.65. The molecule has 1 N–H and O–H groups in total. The number of pyridine rings is 1. The molecular formula is C16H22F3N3. The van der Waals surface area contributed by atoms with E-state index < -0.39 is 11.9 Å². The summed E-state index contributed by atoms with van der Waals surface area (Å²) >= 11 is 0. The molecule has 22 heavy (non-hydrogen) atoms. The van der Waals surface area contributed by atoms with Gasteiger partial charge in [-0.3, -0.25) is 4.40 Å². The highest BCUT2D eigenvalue weighted by molar-refractivity contribution is 5.51. The van der Waals surface area contributed by atoms with E-state index in [-0.39, 0.29) is 6.04 Å². The Morgan fingerprint density at radius 3 is 2.55 bits per heavy atom. The third kappa shape index (κ3) is 3.72. The lowest BCUT2D eigenvalue weighted by molar-refractivity contribution is -0.140. The van der Waals surface area contributed by atoms with Gasteiger partial charge in [-0.1, -0.05) is 33.3 Å². The fraction of sp³-hybridized carbons (Fsp3) is 0.562. The van der Waals surface area contributed by atoms with Crippen LogP contribution in [0.3, 0.4) is 0 Å². The standard InChI is InChI=1S/C16H22F3N3/c1-4-11(3)9-12(5-2)20-14-7-6-8-15-21-13(10-22(14)15)16(17,18)19/h6-8,10-12,20H,4-5,9H2,1-3H3. The molecule has 0 saturated carbocycles. The van der Waals surface area contributed by atoms with Crippen molar-refractivity contribution < 1.29 is 13.2 Å². The fourth-order valence-corrected chi connectivity index (χ4v) is 2.45. The van der Waals surface area contributed by atoms with Crippen LogP contribution in [-0.2, 0) is 6.18 Å². The van der Waals surface area contributed by atoms with Crippen molar-refractivity contribution in [3.8, 4) is 0 Å². The molecule has 0 aromatic carbocycles. The Balaban J connectivity index is 2.29. The number of aromatic nitrogens is 2. The smallest absolute Gasteiger partial charge is 0.368 e. The molecule has 2 heterocycles. The fourth-order valence-electron chi connectivity index (χ4n) is 2.45. The van der Waals surface area contributed by atoms with E-state index in [0.29, 0.717) is 17.4 Å². The van der Waals surface area contributed by atoms with Gasteiger partial charge in [0.2, 0.25) is 0 Å². The third-order valence-electron chi connectivity index (χ3n) is 4.01. The molecule has 2 aromatic heterocycles. The number of fused-ring (bicyclic) bond motifs is 1. The van der Waals surface area contributed by atoms with E-state index in [1.54, 1.807) is 18.2 Å². The number of rotatable bonds is 6. The molecule has 2 atom stereocenters. The molecule has 6 heteroatoms. The quantitative estimate of drug-likeness (QED) is 0.815. The topological polar surface area (TPSA) is 29.3 Å². The van der Waals surface area contributed by atoms with Gasteiger partial charge in [0.05, 0.1) is 0 Å². The Morgan fingerprint density at radius 1 is 1.23 bits per heavy atom. The second-order valence-electron chi connectivity index (χ2n) is 5.76. The first-order valence-electron chi connectivity index (χ1n) is 7.67. The van der Waals surface area contributed by atoms with Crippen LogP contribution in [-0.4, -0.2) is 15.4 Å². The van der Waals surface area contributed by atoms with E-state index in [9.17, 15) is 13.2 Å². The van der Waals surface area contributed by atoms with Crippen molar-refractivity contribution in [1.29, 1.82) is 0 Å². The monoisotopic (exact) mass is 313 g/mol. The van der Waals surface area contributed by atoms with Crippen LogP contribution >= 0.6 is 0 Å². The first kappa shape index (κ1) is 16.6. The molecule has 0 amide bonds. The largest absolute Gasteiger partial charge is 0.434 e. The summed E-state index contributed by atoms with van der Waals surface area (Å²) in [6.45, 7) is 6.41.